The van der Waals surface area contributed by atoms with Crippen molar-refractivity contribution in [1.29, 1.82) is 0 Å². The van der Waals surface area contributed by atoms with Gasteiger partial charge in [0.05, 0.1) is 6.67 Å². The normalized spacial score (nSPS) is 45.0. The van der Waals surface area contributed by atoms with Crippen molar-refractivity contribution >= 4 is 11.8 Å². The van der Waals surface area contributed by atoms with Gasteiger partial charge in [-0.25, -0.2) is 0 Å². The van der Waals surface area contributed by atoms with E-state index in [0.717, 1.165) is 0 Å². The number of rotatable bonds is 0. The molecule has 0 aliphatic carbocycles. The Labute approximate surface area is 53.8 Å². The molecule has 0 saturated carbocycles. The van der Waals surface area contributed by atoms with Crippen molar-refractivity contribution in [3.8, 4) is 0 Å². The Morgan fingerprint density at radius 2 is 1.62 bits per heavy atom. The van der Waals surface area contributed by atoms with Crippen LogP contribution >= 0.6 is 11.8 Å². The molecule has 2 aliphatic rings. The van der Waals surface area contributed by atoms with Gasteiger partial charge in [0.25, 0.3) is 0 Å². The molecule has 0 aromatic carbocycles. The van der Waals surface area contributed by atoms with Crippen molar-refractivity contribution in [3.63, 3.8) is 0 Å². The summed E-state index contributed by atoms with van der Waals surface area (Å²) in [5.41, 5.74) is 0. The van der Waals surface area contributed by atoms with Crippen LogP contribution in [-0.2, 0) is 0 Å². The number of fused-ring (bicyclic) bond motifs is 2. The zero-order chi connectivity index (χ0) is 5.40. The molecule has 2 unspecified atom stereocenters. The Morgan fingerprint density at radius 3 is 2.12 bits per heavy atom. The van der Waals surface area contributed by atoms with E-state index in [9.17, 15) is 0 Å². The fourth-order valence-corrected chi connectivity index (χ4v) is 2.24. The van der Waals surface area contributed by atoms with Crippen LogP contribution in [0.5, 0.6) is 0 Å². The van der Waals surface area contributed by atoms with Gasteiger partial charge in [0.2, 0.25) is 0 Å². The van der Waals surface area contributed by atoms with E-state index in [1.807, 2.05) is 11.8 Å². The highest BCUT2D eigenvalue weighted by Gasteiger charge is 2.23. The molecule has 2 heterocycles. The molecule has 2 fully saturated rings. The topological polar surface area (TPSA) is 6.48 Å². The maximum atomic E-state index is 2.48. The second-order valence-electron chi connectivity index (χ2n) is 2.39. The van der Waals surface area contributed by atoms with Gasteiger partial charge in [-0.15, -0.1) is 11.8 Å². The van der Waals surface area contributed by atoms with E-state index in [2.05, 4.69) is 9.80 Å². The largest absolute Gasteiger partial charge is 0.280 e. The lowest BCUT2D eigenvalue weighted by Gasteiger charge is -2.22. The van der Waals surface area contributed by atoms with Gasteiger partial charge in [-0.1, -0.05) is 0 Å². The first-order valence-corrected chi connectivity index (χ1v) is 4.13. The van der Waals surface area contributed by atoms with E-state index in [-0.39, 0.29) is 0 Å². The summed E-state index contributed by atoms with van der Waals surface area (Å²) in [4.78, 5) is 4.96. The van der Waals surface area contributed by atoms with E-state index in [1.165, 1.54) is 31.5 Å². The first kappa shape index (κ1) is 5.09. The summed E-state index contributed by atoms with van der Waals surface area (Å²) in [6.45, 7) is 3.83. The highest BCUT2D eigenvalue weighted by Crippen LogP contribution is 2.18. The predicted octanol–water partition coefficient (Wildman–Crippen LogP) is 0.223. The van der Waals surface area contributed by atoms with Crippen LogP contribution in [0.1, 0.15) is 0 Å². The molecular weight excluding hydrogens is 120 g/mol. The molecule has 8 heavy (non-hydrogen) atoms. The first-order valence-electron chi connectivity index (χ1n) is 2.97. The molecule has 2 aliphatic heterocycles. The summed E-state index contributed by atoms with van der Waals surface area (Å²) in [6, 6.07) is 0. The van der Waals surface area contributed by atoms with Crippen LogP contribution in [0.3, 0.4) is 0 Å². The Balaban J connectivity index is 2.03. The third-order valence-electron chi connectivity index (χ3n) is 1.68. The molecule has 2 bridgehead atoms. The number of thioether (sulfide) groups is 1. The molecule has 0 spiro atoms. The standard InChI is InChI=1S/C5H10N2S/c1-2-7-3-6(1)4-8-5-7/h1-5H2. The number of hydrogen-bond donors (Lipinski definition) is 0. The fourth-order valence-electron chi connectivity index (χ4n) is 1.22. The number of nitrogens with zero attached hydrogens (tertiary/aromatic N) is 2. The Bertz CT molecular complexity index is 82.4. The lowest BCUT2D eigenvalue weighted by atomic mass is 10.6. The van der Waals surface area contributed by atoms with Gasteiger partial charge < -0.3 is 0 Å². The van der Waals surface area contributed by atoms with Crippen LogP contribution < -0.4 is 0 Å². The molecule has 0 amide bonds. The Morgan fingerprint density at radius 1 is 1.00 bits per heavy atom. The van der Waals surface area contributed by atoms with Gasteiger partial charge in [-0.3, -0.25) is 9.80 Å². The van der Waals surface area contributed by atoms with Crippen LogP contribution in [-0.4, -0.2) is 41.3 Å². The molecule has 0 aromatic rings. The lowest BCUT2D eigenvalue weighted by Crippen LogP contribution is -2.30. The molecule has 2 rings (SSSR count). The summed E-state index contributed by atoms with van der Waals surface area (Å²) < 4.78 is 0. The van der Waals surface area contributed by atoms with Crippen molar-refractivity contribution in [3.05, 3.63) is 0 Å². The molecule has 2 saturated heterocycles. The maximum absolute atomic E-state index is 2.48. The second-order valence-corrected chi connectivity index (χ2v) is 3.32. The highest BCUT2D eigenvalue weighted by atomic mass is 32.2. The SMILES string of the molecule is C1CN2CSCN1C2. The molecule has 46 valence electrons. The van der Waals surface area contributed by atoms with E-state index >= 15 is 0 Å². The molecule has 0 N–H and O–H groups in total. The quantitative estimate of drug-likeness (QED) is 0.463. The second kappa shape index (κ2) is 1.90. The molecule has 0 aromatic heterocycles. The van der Waals surface area contributed by atoms with Crippen LogP contribution in [0.2, 0.25) is 0 Å². The molecular formula is C5H10N2S. The zero-order valence-corrected chi connectivity index (χ0v) is 5.65. The average Bonchev–Trinajstić information content (AvgIpc) is 2.12. The third kappa shape index (κ3) is 0.747. The molecule has 3 heteroatoms. The third-order valence-corrected chi connectivity index (χ3v) is 2.78. The summed E-state index contributed by atoms with van der Waals surface area (Å²) >= 11 is 2.03. The van der Waals surface area contributed by atoms with Crippen LogP contribution in [0.4, 0.5) is 0 Å². The molecule has 2 atom stereocenters. The summed E-state index contributed by atoms with van der Waals surface area (Å²) in [5, 5.41) is 0. The summed E-state index contributed by atoms with van der Waals surface area (Å²) in [5.74, 6) is 2.52. The van der Waals surface area contributed by atoms with Gasteiger partial charge in [-0.05, 0) is 0 Å². The van der Waals surface area contributed by atoms with Gasteiger partial charge in [0, 0.05) is 24.8 Å². The van der Waals surface area contributed by atoms with Gasteiger partial charge in [-0.2, -0.15) is 0 Å². The highest BCUT2D eigenvalue weighted by molar-refractivity contribution is 7.99. The van der Waals surface area contributed by atoms with Crippen molar-refractivity contribution in [1.82, 2.24) is 9.80 Å². The fraction of sp³-hybridized carbons (Fsp3) is 1.00. The van der Waals surface area contributed by atoms with E-state index in [1.54, 1.807) is 0 Å². The van der Waals surface area contributed by atoms with Crippen LogP contribution in [0, 0.1) is 0 Å². The predicted molar refractivity (Wildman–Crippen MR) is 35.6 cm³/mol. The molecule has 0 radical (unpaired) electrons. The van der Waals surface area contributed by atoms with Gasteiger partial charge in [0.1, 0.15) is 0 Å². The first-order chi connectivity index (χ1) is 3.95. The van der Waals surface area contributed by atoms with Crippen molar-refractivity contribution in [2.24, 2.45) is 0 Å². The van der Waals surface area contributed by atoms with Gasteiger partial charge in [0.15, 0.2) is 0 Å². The van der Waals surface area contributed by atoms with Crippen LogP contribution in [0.25, 0.3) is 0 Å². The summed E-state index contributed by atoms with van der Waals surface area (Å²) in [6.07, 6.45) is 0. The zero-order valence-electron chi connectivity index (χ0n) is 4.84. The van der Waals surface area contributed by atoms with E-state index < -0.39 is 0 Å². The Kier molecular flexibility index (Phi) is 1.21. The minimum absolute atomic E-state index is 1.23. The van der Waals surface area contributed by atoms with Crippen molar-refractivity contribution < 1.29 is 0 Å². The van der Waals surface area contributed by atoms with E-state index in [0.29, 0.717) is 0 Å². The van der Waals surface area contributed by atoms with Crippen molar-refractivity contribution in [2.45, 2.75) is 0 Å². The minimum atomic E-state index is 1.23. The van der Waals surface area contributed by atoms with Gasteiger partial charge >= 0.3 is 0 Å². The summed E-state index contributed by atoms with van der Waals surface area (Å²) in [7, 11) is 0. The van der Waals surface area contributed by atoms with Crippen molar-refractivity contribution in [2.75, 3.05) is 31.5 Å². The Hall–Kier alpha value is 0.270. The molecule has 2 nitrogen and oxygen atoms in total. The number of hydrogen-bond acceptors (Lipinski definition) is 3. The monoisotopic (exact) mass is 130 g/mol. The van der Waals surface area contributed by atoms with E-state index in [4.69, 9.17) is 0 Å². The smallest absolute Gasteiger partial charge is 0.0522 e. The maximum Gasteiger partial charge on any atom is 0.0522 e. The lowest BCUT2D eigenvalue weighted by molar-refractivity contribution is 0.286. The minimum Gasteiger partial charge on any atom is -0.280 e. The average molecular weight is 130 g/mol. The van der Waals surface area contributed by atoms with Crippen LogP contribution in [0.15, 0.2) is 0 Å².